The second kappa shape index (κ2) is 5.86. The minimum Gasteiger partial charge on any atom is -0.212 e. The SMILES string of the molecule is Cc1cccc(CS(=O)(=O)NCc2ccc(C)s2)c1. The molecule has 0 aliphatic carbocycles. The maximum atomic E-state index is 12.0. The molecule has 1 aromatic heterocycles. The van der Waals surface area contributed by atoms with Crippen molar-refractivity contribution in [2.24, 2.45) is 0 Å². The fourth-order valence-corrected chi connectivity index (χ4v) is 3.85. The highest BCUT2D eigenvalue weighted by Gasteiger charge is 2.11. The van der Waals surface area contributed by atoms with Crippen molar-refractivity contribution >= 4 is 21.4 Å². The molecule has 1 heterocycles. The highest BCUT2D eigenvalue weighted by atomic mass is 32.2. The Hall–Kier alpha value is -1.17. The molecule has 19 heavy (non-hydrogen) atoms. The van der Waals surface area contributed by atoms with Gasteiger partial charge in [0, 0.05) is 16.3 Å². The predicted molar refractivity (Wildman–Crippen MR) is 79.7 cm³/mol. The van der Waals surface area contributed by atoms with Crippen molar-refractivity contribution in [3.05, 3.63) is 57.3 Å². The third-order valence-corrected chi connectivity index (χ3v) is 5.00. The standard InChI is InChI=1S/C14H17NO2S2/c1-11-4-3-5-13(8-11)10-19(16,17)15-9-14-7-6-12(2)18-14/h3-8,15H,9-10H2,1-2H3. The van der Waals surface area contributed by atoms with Gasteiger partial charge in [0.15, 0.2) is 0 Å². The number of nitrogens with one attached hydrogen (secondary N) is 1. The summed E-state index contributed by atoms with van der Waals surface area (Å²) in [5.41, 5.74) is 1.89. The lowest BCUT2D eigenvalue weighted by Gasteiger charge is -2.06. The molecule has 0 spiro atoms. The molecule has 0 radical (unpaired) electrons. The van der Waals surface area contributed by atoms with E-state index < -0.39 is 10.0 Å². The highest BCUT2D eigenvalue weighted by Crippen LogP contribution is 2.15. The van der Waals surface area contributed by atoms with Crippen LogP contribution in [0, 0.1) is 13.8 Å². The van der Waals surface area contributed by atoms with Gasteiger partial charge in [0.05, 0.1) is 5.75 Å². The number of thiophene rings is 1. The van der Waals surface area contributed by atoms with Gasteiger partial charge in [-0.2, -0.15) is 0 Å². The molecule has 1 N–H and O–H groups in total. The van der Waals surface area contributed by atoms with E-state index in [0.717, 1.165) is 16.0 Å². The van der Waals surface area contributed by atoms with Crippen molar-refractivity contribution in [2.45, 2.75) is 26.1 Å². The first-order chi connectivity index (χ1) is 8.94. The van der Waals surface area contributed by atoms with Gasteiger partial charge in [0.2, 0.25) is 10.0 Å². The van der Waals surface area contributed by atoms with Crippen molar-refractivity contribution in [1.29, 1.82) is 0 Å². The molecule has 0 atom stereocenters. The molecule has 1 aromatic carbocycles. The Balaban J connectivity index is 1.99. The summed E-state index contributed by atoms with van der Waals surface area (Å²) in [5.74, 6) is 0.0268. The minimum absolute atomic E-state index is 0.0268. The molecule has 0 aliphatic rings. The monoisotopic (exact) mass is 295 g/mol. The lowest BCUT2D eigenvalue weighted by molar-refractivity contribution is 0.581. The van der Waals surface area contributed by atoms with E-state index in [-0.39, 0.29) is 5.75 Å². The van der Waals surface area contributed by atoms with E-state index in [0.29, 0.717) is 6.54 Å². The quantitative estimate of drug-likeness (QED) is 0.921. The molecule has 2 aromatic rings. The largest absolute Gasteiger partial charge is 0.216 e. The van der Waals surface area contributed by atoms with Gasteiger partial charge < -0.3 is 0 Å². The highest BCUT2D eigenvalue weighted by molar-refractivity contribution is 7.88. The molecule has 0 fully saturated rings. The first-order valence-electron chi connectivity index (χ1n) is 6.03. The van der Waals surface area contributed by atoms with Crippen LogP contribution in [0.5, 0.6) is 0 Å². The number of sulfonamides is 1. The second-order valence-electron chi connectivity index (χ2n) is 4.58. The Morgan fingerprint density at radius 3 is 2.58 bits per heavy atom. The third-order valence-electron chi connectivity index (χ3n) is 2.70. The zero-order valence-corrected chi connectivity index (χ0v) is 12.6. The van der Waals surface area contributed by atoms with Crippen molar-refractivity contribution < 1.29 is 8.42 Å². The number of rotatable bonds is 5. The molecular weight excluding hydrogens is 278 g/mol. The zero-order valence-electron chi connectivity index (χ0n) is 11.0. The van der Waals surface area contributed by atoms with Gasteiger partial charge in [-0.3, -0.25) is 0 Å². The van der Waals surface area contributed by atoms with Crippen molar-refractivity contribution in [3.63, 3.8) is 0 Å². The lowest BCUT2D eigenvalue weighted by Crippen LogP contribution is -2.24. The van der Waals surface area contributed by atoms with E-state index in [1.807, 2.05) is 50.2 Å². The molecule has 0 saturated carbocycles. The molecular formula is C14H17NO2S2. The molecule has 0 unspecified atom stereocenters. The Morgan fingerprint density at radius 1 is 1.16 bits per heavy atom. The Labute approximate surface area is 118 Å². The topological polar surface area (TPSA) is 46.2 Å². The van der Waals surface area contributed by atoms with Gasteiger partial charge in [-0.1, -0.05) is 29.8 Å². The smallest absolute Gasteiger partial charge is 0.212 e. The van der Waals surface area contributed by atoms with Crippen LogP contribution in [0.3, 0.4) is 0 Å². The number of aryl methyl sites for hydroxylation is 2. The average Bonchev–Trinajstić information content (AvgIpc) is 2.72. The van der Waals surface area contributed by atoms with E-state index >= 15 is 0 Å². The maximum absolute atomic E-state index is 12.0. The summed E-state index contributed by atoms with van der Waals surface area (Å²) in [6, 6.07) is 11.5. The Kier molecular flexibility index (Phi) is 4.39. The number of hydrogen-bond donors (Lipinski definition) is 1. The van der Waals surface area contributed by atoms with Crippen molar-refractivity contribution in [1.82, 2.24) is 4.72 Å². The summed E-state index contributed by atoms with van der Waals surface area (Å²) in [7, 11) is -3.28. The Bertz CT molecular complexity index is 660. The van der Waals surface area contributed by atoms with Gasteiger partial charge in [0.1, 0.15) is 0 Å². The lowest BCUT2D eigenvalue weighted by atomic mass is 10.2. The van der Waals surface area contributed by atoms with E-state index in [1.165, 1.54) is 4.88 Å². The van der Waals surface area contributed by atoms with Crippen LogP contribution < -0.4 is 4.72 Å². The van der Waals surface area contributed by atoms with Gasteiger partial charge in [-0.15, -0.1) is 11.3 Å². The van der Waals surface area contributed by atoms with Crippen LogP contribution in [0.2, 0.25) is 0 Å². The molecule has 2 rings (SSSR count). The van der Waals surface area contributed by atoms with Gasteiger partial charge in [-0.05, 0) is 31.5 Å². The number of hydrogen-bond acceptors (Lipinski definition) is 3. The summed E-state index contributed by atoms with van der Waals surface area (Å²) in [5, 5.41) is 0. The van der Waals surface area contributed by atoms with Gasteiger partial charge in [0.25, 0.3) is 0 Å². The fraction of sp³-hybridized carbons (Fsp3) is 0.286. The van der Waals surface area contributed by atoms with Gasteiger partial charge in [-0.25, -0.2) is 13.1 Å². The van der Waals surface area contributed by atoms with Crippen LogP contribution in [0.15, 0.2) is 36.4 Å². The summed E-state index contributed by atoms with van der Waals surface area (Å²) in [6.07, 6.45) is 0. The zero-order chi connectivity index (χ0) is 13.9. The van der Waals surface area contributed by atoms with Crippen LogP contribution in [0.1, 0.15) is 20.9 Å². The summed E-state index contributed by atoms with van der Waals surface area (Å²) >= 11 is 1.61. The Morgan fingerprint density at radius 2 is 1.95 bits per heavy atom. The van der Waals surface area contributed by atoms with Crippen molar-refractivity contribution in [2.75, 3.05) is 0 Å². The third kappa shape index (κ3) is 4.45. The van der Waals surface area contributed by atoms with Crippen LogP contribution in [0.25, 0.3) is 0 Å². The first-order valence-corrected chi connectivity index (χ1v) is 8.50. The van der Waals surface area contributed by atoms with Gasteiger partial charge >= 0.3 is 0 Å². The molecule has 0 aliphatic heterocycles. The van der Waals surface area contributed by atoms with Crippen molar-refractivity contribution in [3.8, 4) is 0 Å². The second-order valence-corrected chi connectivity index (χ2v) is 7.76. The summed E-state index contributed by atoms with van der Waals surface area (Å²) in [6.45, 7) is 4.33. The molecule has 0 bridgehead atoms. The summed E-state index contributed by atoms with van der Waals surface area (Å²) < 4.78 is 26.6. The molecule has 3 nitrogen and oxygen atoms in total. The molecule has 102 valence electrons. The summed E-state index contributed by atoms with van der Waals surface area (Å²) in [4.78, 5) is 2.22. The fourth-order valence-electron chi connectivity index (χ4n) is 1.83. The van der Waals surface area contributed by atoms with Crippen LogP contribution in [0.4, 0.5) is 0 Å². The van der Waals surface area contributed by atoms with E-state index in [9.17, 15) is 8.42 Å². The van der Waals surface area contributed by atoms with Crippen LogP contribution in [-0.4, -0.2) is 8.42 Å². The molecule has 0 saturated heterocycles. The molecule has 0 amide bonds. The van der Waals surface area contributed by atoms with Crippen LogP contribution in [-0.2, 0) is 22.3 Å². The normalized spacial score (nSPS) is 11.7. The molecule has 5 heteroatoms. The predicted octanol–water partition coefficient (Wildman–Crippen LogP) is 2.98. The minimum atomic E-state index is -3.28. The number of benzene rings is 1. The van der Waals surface area contributed by atoms with E-state index in [4.69, 9.17) is 0 Å². The van der Waals surface area contributed by atoms with E-state index in [2.05, 4.69) is 4.72 Å². The maximum Gasteiger partial charge on any atom is 0.216 e. The first kappa shape index (κ1) is 14.2. The van der Waals surface area contributed by atoms with Crippen LogP contribution >= 0.6 is 11.3 Å². The van der Waals surface area contributed by atoms with E-state index in [1.54, 1.807) is 11.3 Å². The average molecular weight is 295 g/mol.